The van der Waals surface area contributed by atoms with Gasteiger partial charge in [0.25, 0.3) is 0 Å². The SMILES string of the molecule is COC[C@@H]1CN[C@H](C(=O)N2CCC3(CC2)OCCc2cn[nH]c23)C1. The molecule has 3 aliphatic rings. The number of carbonyl (C=O) groups excluding carboxylic acids is 1. The molecule has 1 amide bonds. The van der Waals surface area contributed by atoms with Crippen molar-refractivity contribution in [1.82, 2.24) is 20.4 Å². The summed E-state index contributed by atoms with van der Waals surface area (Å²) < 4.78 is 11.4. The molecule has 3 aliphatic heterocycles. The van der Waals surface area contributed by atoms with E-state index >= 15 is 0 Å². The number of nitrogens with one attached hydrogen (secondary N) is 2. The van der Waals surface area contributed by atoms with Gasteiger partial charge in [-0.1, -0.05) is 0 Å². The monoisotopic (exact) mass is 334 g/mol. The Kier molecular flexibility index (Phi) is 4.32. The summed E-state index contributed by atoms with van der Waals surface area (Å²) in [6, 6.07) is -0.0609. The molecule has 2 fully saturated rings. The van der Waals surface area contributed by atoms with Crippen LogP contribution in [0.3, 0.4) is 0 Å². The summed E-state index contributed by atoms with van der Waals surface area (Å²) in [6.45, 7) is 3.80. The first-order chi connectivity index (χ1) is 11.7. The Morgan fingerprint density at radius 2 is 2.33 bits per heavy atom. The minimum Gasteiger partial charge on any atom is -0.384 e. The minimum atomic E-state index is -0.275. The van der Waals surface area contributed by atoms with Gasteiger partial charge >= 0.3 is 0 Å². The highest BCUT2D eigenvalue weighted by Crippen LogP contribution is 2.40. The first-order valence-corrected chi connectivity index (χ1v) is 8.89. The summed E-state index contributed by atoms with van der Waals surface area (Å²) in [6.07, 6.45) is 5.37. The van der Waals surface area contributed by atoms with Crippen LogP contribution in [0.4, 0.5) is 0 Å². The lowest BCUT2D eigenvalue weighted by Gasteiger charge is -2.43. The lowest BCUT2D eigenvalue weighted by molar-refractivity contribution is -0.143. The molecule has 4 rings (SSSR count). The Hall–Kier alpha value is -1.44. The molecule has 4 heterocycles. The predicted molar refractivity (Wildman–Crippen MR) is 87.5 cm³/mol. The molecule has 132 valence electrons. The zero-order chi connectivity index (χ0) is 16.6. The van der Waals surface area contributed by atoms with Crippen LogP contribution in [0.1, 0.15) is 30.5 Å². The van der Waals surface area contributed by atoms with Crippen LogP contribution in [0.5, 0.6) is 0 Å². The quantitative estimate of drug-likeness (QED) is 0.838. The van der Waals surface area contributed by atoms with E-state index in [0.29, 0.717) is 5.92 Å². The van der Waals surface area contributed by atoms with Gasteiger partial charge in [0.05, 0.1) is 31.1 Å². The standard InChI is InChI=1S/C17H26N4O3/c1-23-11-12-8-14(18-9-12)16(22)21-5-3-17(4-6-21)15-13(2-7-24-17)10-19-20-15/h10,12,14,18H,2-9,11H2,1H3,(H,19,20)/t12-,14-/m0/s1. The van der Waals surface area contributed by atoms with Crippen LogP contribution < -0.4 is 5.32 Å². The number of carbonyl (C=O) groups is 1. The number of piperidine rings is 1. The maximum Gasteiger partial charge on any atom is 0.239 e. The molecule has 2 saturated heterocycles. The normalized spacial score (nSPS) is 29.0. The fraction of sp³-hybridized carbons (Fsp3) is 0.765. The molecule has 0 aliphatic carbocycles. The van der Waals surface area contributed by atoms with Crippen molar-refractivity contribution in [3.63, 3.8) is 0 Å². The predicted octanol–water partition coefficient (Wildman–Crippen LogP) is 0.425. The number of H-pyrrole nitrogens is 1. The van der Waals surface area contributed by atoms with Crippen molar-refractivity contribution in [3.8, 4) is 0 Å². The summed E-state index contributed by atoms with van der Waals surface area (Å²) in [7, 11) is 1.72. The first kappa shape index (κ1) is 16.1. The molecule has 0 radical (unpaired) electrons. The Labute approximate surface area is 142 Å². The zero-order valence-electron chi connectivity index (χ0n) is 14.2. The molecule has 1 aromatic rings. The molecule has 0 unspecified atom stereocenters. The number of hydrogen-bond acceptors (Lipinski definition) is 5. The average Bonchev–Trinajstić information content (AvgIpc) is 3.25. The van der Waals surface area contributed by atoms with Crippen LogP contribution in [0.25, 0.3) is 0 Å². The number of methoxy groups -OCH3 is 1. The molecule has 0 saturated carbocycles. The third-order valence-corrected chi connectivity index (χ3v) is 5.73. The summed E-state index contributed by atoms with van der Waals surface area (Å²) in [5, 5.41) is 10.7. The Morgan fingerprint density at radius 3 is 3.12 bits per heavy atom. The van der Waals surface area contributed by atoms with E-state index in [2.05, 4.69) is 15.5 Å². The topological polar surface area (TPSA) is 79.5 Å². The van der Waals surface area contributed by atoms with E-state index < -0.39 is 0 Å². The summed E-state index contributed by atoms with van der Waals surface area (Å²) >= 11 is 0. The second-order valence-electron chi connectivity index (χ2n) is 7.21. The third kappa shape index (κ3) is 2.74. The fourth-order valence-electron chi connectivity index (χ4n) is 4.39. The van der Waals surface area contributed by atoms with Crippen molar-refractivity contribution >= 4 is 5.91 Å². The Bertz CT molecular complexity index is 594. The van der Waals surface area contributed by atoms with Gasteiger partial charge in [0.2, 0.25) is 5.91 Å². The third-order valence-electron chi connectivity index (χ3n) is 5.73. The van der Waals surface area contributed by atoms with Crippen LogP contribution in [-0.4, -0.2) is 67.0 Å². The van der Waals surface area contributed by atoms with Crippen LogP contribution in [0, 0.1) is 5.92 Å². The zero-order valence-corrected chi connectivity index (χ0v) is 14.2. The van der Waals surface area contributed by atoms with E-state index in [1.807, 2.05) is 11.1 Å². The number of aromatic amines is 1. The van der Waals surface area contributed by atoms with Gasteiger partial charge in [-0.2, -0.15) is 5.10 Å². The lowest BCUT2D eigenvalue weighted by atomic mass is 9.83. The number of amides is 1. The maximum absolute atomic E-state index is 12.8. The molecule has 7 heteroatoms. The van der Waals surface area contributed by atoms with E-state index in [9.17, 15) is 4.79 Å². The van der Waals surface area contributed by atoms with E-state index in [-0.39, 0.29) is 17.6 Å². The summed E-state index contributed by atoms with van der Waals surface area (Å²) in [4.78, 5) is 14.8. The van der Waals surface area contributed by atoms with Gasteiger partial charge in [0.1, 0.15) is 5.60 Å². The van der Waals surface area contributed by atoms with Gasteiger partial charge in [-0.15, -0.1) is 0 Å². The van der Waals surface area contributed by atoms with E-state index in [4.69, 9.17) is 9.47 Å². The molecule has 7 nitrogen and oxygen atoms in total. The molecule has 0 bridgehead atoms. The van der Waals surface area contributed by atoms with Crippen LogP contribution in [0.15, 0.2) is 6.20 Å². The van der Waals surface area contributed by atoms with Crippen molar-refractivity contribution in [2.75, 3.05) is 40.0 Å². The molecule has 2 N–H and O–H groups in total. The van der Waals surface area contributed by atoms with Crippen molar-refractivity contribution in [3.05, 3.63) is 17.5 Å². The van der Waals surface area contributed by atoms with Crippen molar-refractivity contribution < 1.29 is 14.3 Å². The molecule has 2 atom stereocenters. The van der Waals surface area contributed by atoms with Gasteiger partial charge < -0.3 is 19.7 Å². The molecule has 1 aromatic heterocycles. The fourth-order valence-corrected chi connectivity index (χ4v) is 4.39. The van der Waals surface area contributed by atoms with Crippen LogP contribution in [-0.2, 0) is 26.3 Å². The number of rotatable bonds is 3. The lowest BCUT2D eigenvalue weighted by Crippen LogP contribution is -2.52. The van der Waals surface area contributed by atoms with E-state index in [1.54, 1.807) is 7.11 Å². The van der Waals surface area contributed by atoms with Crippen LogP contribution in [0.2, 0.25) is 0 Å². The number of aromatic nitrogens is 2. The largest absolute Gasteiger partial charge is 0.384 e. The van der Waals surface area contributed by atoms with Gasteiger partial charge in [-0.05, 0) is 37.2 Å². The van der Waals surface area contributed by atoms with E-state index in [0.717, 1.165) is 64.2 Å². The maximum atomic E-state index is 12.8. The minimum absolute atomic E-state index is 0.0609. The summed E-state index contributed by atoms with van der Waals surface area (Å²) in [5.41, 5.74) is 2.11. The van der Waals surface area contributed by atoms with Gasteiger partial charge in [-0.3, -0.25) is 9.89 Å². The average molecular weight is 334 g/mol. The second-order valence-corrected chi connectivity index (χ2v) is 7.21. The smallest absolute Gasteiger partial charge is 0.239 e. The van der Waals surface area contributed by atoms with Crippen molar-refractivity contribution in [2.24, 2.45) is 5.92 Å². The van der Waals surface area contributed by atoms with Gasteiger partial charge in [0.15, 0.2) is 0 Å². The van der Waals surface area contributed by atoms with Crippen LogP contribution >= 0.6 is 0 Å². The summed E-state index contributed by atoms with van der Waals surface area (Å²) in [5.74, 6) is 0.665. The molecule has 0 aromatic carbocycles. The number of nitrogens with zero attached hydrogens (tertiary/aromatic N) is 2. The molecule has 1 spiro atoms. The first-order valence-electron chi connectivity index (χ1n) is 8.89. The molecule has 24 heavy (non-hydrogen) atoms. The highest BCUT2D eigenvalue weighted by atomic mass is 16.5. The Balaban J connectivity index is 1.38. The number of hydrogen-bond donors (Lipinski definition) is 2. The Morgan fingerprint density at radius 1 is 1.50 bits per heavy atom. The second kappa shape index (κ2) is 6.46. The number of likely N-dealkylation sites (tertiary alicyclic amines) is 1. The number of fused-ring (bicyclic) bond motifs is 2. The van der Waals surface area contributed by atoms with E-state index in [1.165, 1.54) is 5.56 Å². The molecular weight excluding hydrogens is 308 g/mol. The number of ether oxygens (including phenoxy) is 2. The van der Waals surface area contributed by atoms with Crippen molar-refractivity contribution in [2.45, 2.75) is 37.3 Å². The highest BCUT2D eigenvalue weighted by molar-refractivity contribution is 5.82. The highest BCUT2D eigenvalue weighted by Gasteiger charge is 2.44. The molecular formula is C17H26N4O3. The van der Waals surface area contributed by atoms with Gasteiger partial charge in [0, 0.05) is 26.7 Å². The van der Waals surface area contributed by atoms with Gasteiger partial charge in [-0.25, -0.2) is 0 Å². The van der Waals surface area contributed by atoms with Crippen molar-refractivity contribution in [1.29, 1.82) is 0 Å².